The van der Waals surface area contributed by atoms with Crippen molar-refractivity contribution in [2.75, 3.05) is 21.3 Å². The second-order valence-corrected chi connectivity index (χ2v) is 6.79. The van der Waals surface area contributed by atoms with Gasteiger partial charge in [-0.25, -0.2) is 14.4 Å². The maximum Gasteiger partial charge on any atom is 0.355 e. The minimum atomic E-state index is -1.93. The van der Waals surface area contributed by atoms with E-state index in [1.165, 1.54) is 11.8 Å². The normalized spacial score (nSPS) is 22.3. The van der Waals surface area contributed by atoms with Crippen LogP contribution in [0.25, 0.3) is 5.70 Å². The first-order chi connectivity index (χ1) is 14.8. The summed E-state index contributed by atoms with van der Waals surface area (Å²) in [5, 5.41) is 0. The van der Waals surface area contributed by atoms with Crippen LogP contribution in [0.2, 0.25) is 0 Å². The van der Waals surface area contributed by atoms with Crippen molar-refractivity contribution in [3.8, 4) is 0 Å². The first-order valence-corrected chi connectivity index (χ1v) is 9.23. The van der Waals surface area contributed by atoms with Crippen molar-refractivity contribution in [1.29, 1.82) is 0 Å². The highest BCUT2D eigenvalue weighted by Gasteiger charge is 2.55. The molecule has 1 aromatic carbocycles. The second-order valence-electron chi connectivity index (χ2n) is 6.79. The summed E-state index contributed by atoms with van der Waals surface area (Å²) in [6.45, 7) is 1.33. The monoisotopic (exact) mass is 427 g/mol. The molecule has 0 N–H and O–H groups in total. The predicted molar refractivity (Wildman–Crippen MR) is 107 cm³/mol. The van der Waals surface area contributed by atoms with Gasteiger partial charge >= 0.3 is 17.9 Å². The summed E-state index contributed by atoms with van der Waals surface area (Å²) in [5.74, 6) is -2.69. The molecule has 2 atom stereocenters. The number of nitrogens with zero attached hydrogens (tertiary/aromatic N) is 1. The zero-order valence-electron chi connectivity index (χ0n) is 17.4. The van der Waals surface area contributed by atoms with E-state index in [1.54, 1.807) is 42.5 Å². The van der Waals surface area contributed by atoms with Crippen molar-refractivity contribution in [1.82, 2.24) is 4.90 Å². The lowest BCUT2D eigenvalue weighted by atomic mass is 9.89. The number of hydrogen-bond donors (Lipinski definition) is 0. The molecule has 0 saturated heterocycles. The maximum atomic E-state index is 12.9. The van der Waals surface area contributed by atoms with E-state index in [-0.39, 0.29) is 11.3 Å². The van der Waals surface area contributed by atoms with Crippen molar-refractivity contribution in [2.24, 2.45) is 0 Å². The number of methoxy groups -OCH3 is 3. The minimum absolute atomic E-state index is 0.214. The van der Waals surface area contributed by atoms with E-state index in [0.717, 1.165) is 21.3 Å². The molecular weight excluding hydrogens is 406 g/mol. The topological polar surface area (TPSA) is 108 Å². The molecule has 2 aliphatic rings. The standard InChI is InChI=1S/C22H21NO8/c1-22(21(27)30-4)17(19(25)28-2)18(20(26)29-3)23-15(6-5-7-16(23)31-22)14-10-8-13(12-24)9-11-14/h5-12,16H,1-4H3. The molecular formula is C22H21NO8. The first-order valence-electron chi connectivity index (χ1n) is 9.23. The number of carbonyl (C=O) groups excluding carboxylic acids is 4. The van der Waals surface area contributed by atoms with Gasteiger partial charge in [0.25, 0.3) is 0 Å². The van der Waals surface area contributed by atoms with E-state index < -0.39 is 29.7 Å². The molecule has 0 bridgehead atoms. The highest BCUT2D eigenvalue weighted by atomic mass is 16.6. The van der Waals surface area contributed by atoms with Crippen molar-refractivity contribution >= 4 is 29.9 Å². The number of rotatable bonds is 5. The van der Waals surface area contributed by atoms with Gasteiger partial charge in [0, 0.05) is 5.56 Å². The number of aldehydes is 1. The zero-order chi connectivity index (χ0) is 22.8. The molecule has 9 nitrogen and oxygen atoms in total. The summed E-state index contributed by atoms with van der Waals surface area (Å²) in [4.78, 5) is 50.7. The van der Waals surface area contributed by atoms with Gasteiger partial charge < -0.3 is 23.8 Å². The maximum absolute atomic E-state index is 12.9. The molecule has 3 rings (SSSR count). The number of carbonyl (C=O) groups is 4. The fourth-order valence-electron chi connectivity index (χ4n) is 3.53. The van der Waals surface area contributed by atoms with Crippen molar-refractivity contribution in [3.63, 3.8) is 0 Å². The van der Waals surface area contributed by atoms with Gasteiger partial charge in [-0.2, -0.15) is 0 Å². The molecule has 0 spiro atoms. The van der Waals surface area contributed by atoms with Crippen LogP contribution in [0.15, 0.2) is 53.8 Å². The quantitative estimate of drug-likeness (QED) is 0.393. The molecule has 0 aromatic heterocycles. The summed E-state index contributed by atoms with van der Waals surface area (Å²) >= 11 is 0. The lowest BCUT2D eigenvalue weighted by Gasteiger charge is -2.45. The van der Waals surface area contributed by atoms with Crippen LogP contribution in [0.5, 0.6) is 0 Å². The van der Waals surface area contributed by atoms with Crippen LogP contribution in [0, 0.1) is 0 Å². The van der Waals surface area contributed by atoms with Crippen molar-refractivity contribution in [2.45, 2.75) is 18.8 Å². The van der Waals surface area contributed by atoms with Gasteiger partial charge in [-0.1, -0.05) is 30.3 Å². The smallest absolute Gasteiger partial charge is 0.355 e. The van der Waals surface area contributed by atoms with Crippen LogP contribution in [-0.4, -0.2) is 62.3 Å². The van der Waals surface area contributed by atoms with Crippen LogP contribution < -0.4 is 0 Å². The van der Waals surface area contributed by atoms with E-state index in [0.29, 0.717) is 23.1 Å². The largest absolute Gasteiger partial charge is 0.467 e. The molecule has 2 aliphatic heterocycles. The van der Waals surface area contributed by atoms with Crippen molar-refractivity contribution in [3.05, 3.63) is 64.9 Å². The molecule has 31 heavy (non-hydrogen) atoms. The Kier molecular flexibility index (Phi) is 6.07. The summed E-state index contributed by atoms with van der Waals surface area (Å²) in [7, 11) is 3.43. The Morgan fingerprint density at radius 3 is 2.23 bits per heavy atom. The van der Waals surface area contributed by atoms with E-state index >= 15 is 0 Å². The third-order valence-electron chi connectivity index (χ3n) is 5.04. The highest BCUT2D eigenvalue weighted by molar-refractivity contribution is 6.08. The third-order valence-corrected chi connectivity index (χ3v) is 5.04. The molecule has 0 saturated carbocycles. The molecule has 162 valence electrons. The average Bonchev–Trinajstić information content (AvgIpc) is 2.81. The van der Waals surface area contributed by atoms with Crippen LogP contribution in [0.4, 0.5) is 0 Å². The lowest BCUT2D eigenvalue weighted by Crippen LogP contribution is -2.57. The van der Waals surface area contributed by atoms with Gasteiger partial charge in [-0.05, 0) is 24.6 Å². The fourth-order valence-corrected chi connectivity index (χ4v) is 3.53. The van der Waals surface area contributed by atoms with Gasteiger partial charge in [-0.15, -0.1) is 0 Å². The fraction of sp³-hybridized carbons (Fsp3) is 0.273. The Balaban J connectivity index is 2.29. The number of benzene rings is 1. The molecule has 0 fully saturated rings. The average molecular weight is 427 g/mol. The molecule has 1 aromatic rings. The van der Waals surface area contributed by atoms with Gasteiger partial charge in [0.15, 0.2) is 11.8 Å². The molecule has 2 unspecified atom stereocenters. The molecule has 0 radical (unpaired) electrons. The SMILES string of the molecule is COC(=O)C1=C(C(=O)OC)C(C)(C(=O)OC)OC2C=CC=C(c3ccc(C=O)cc3)N12. The summed E-state index contributed by atoms with van der Waals surface area (Å²) < 4.78 is 20.6. The van der Waals surface area contributed by atoms with Crippen LogP contribution in [0.1, 0.15) is 22.8 Å². The predicted octanol–water partition coefficient (Wildman–Crippen LogP) is 1.60. The number of ether oxygens (including phenoxy) is 4. The highest BCUT2D eigenvalue weighted by Crippen LogP contribution is 2.42. The number of hydrogen-bond acceptors (Lipinski definition) is 9. The van der Waals surface area contributed by atoms with Crippen LogP contribution >= 0.6 is 0 Å². The summed E-state index contributed by atoms with van der Waals surface area (Å²) in [6.07, 6.45) is 4.79. The minimum Gasteiger partial charge on any atom is -0.467 e. The zero-order valence-corrected chi connectivity index (χ0v) is 17.4. The van der Waals surface area contributed by atoms with Crippen molar-refractivity contribution < 1.29 is 38.1 Å². The number of fused-ring (bicyclic) bond motifs is 1. The molecule has 0 aliphatic carbocycles. The number of esters is 3. The van der Waals surface area contributed by atoms with E-state index in [1.807, 2.05) is 0 Å². The van der Waals surface area contributed by atoms with Gasteiger partial charge in [-0.3, -0.25) is 4.79 Å². The Bertz CT molecular complexity index is 1020. The van der Waals surface area contributed by atoms with E-state index in [4.69, 9.17) is 18.9 Å². The molecule has 2 heterocycles. The van der Waals surface area contributed by atoms with Gasteiger partial charge in [0.2, 0.25) is 0 Å². The molecule has 0 amide bonds. The van der Waals surface area contributed by atoms with Gasteiger partial charge in [0.1, 0.15) is 17.6 Å². The summed E-state index contributed by atoms with van der Waals surface area (Å²) in [5.41, 5.74) is -0.904. The van der Waals surface area contributed by atoms with Gasteiger partial charge in [0.05, 0.1) is 27.0 Å². The second kappa shape index (κ2) is 8.57. The first kappa shape index (κ1) is 22.0. The Morgan fingerprint density at radius 1 is 1.03 bits per heavy atom. The number of allylic oxidation sites excluding steroid dienone is 2. The Morgan fingerprint density at radius 2 is 1.68 bits per heavy atom. The molecule has 9 heteroatoms. The van der Waals surface area contributed by atoms with Crippen LogP contribution in [-0.2, 0) is 33.3 Å². The van der Waals surface area contributed by atoms with E-state index in [2.05, 4.69) is 0 Å². The Labute approximate surface area is 178 Å². The summed E-state index contributed by atoms with van der Waals surface area (Å²) in [6, 6.07) is 6.60. The van der Waals surface area contributed by atoms with Crippen LogP contribution in [0.3, 0.4) is 0 Å². The Hall–Kier alpha value is -3.72. The van der Waals surface area contributed by atoms with E-state index in [9.17, 15) is 19.2 Å². The third kappa shape index (κ3) is 3.64. The lowest BCUT2D eigenvalue weighted by molar-refractivity contribution is -0.181.